The summed E-state index contributed by atoms with van der Waals surface area (Å²) in [4.78, 5) is 0. The zero-order chi connectivity index (χ0) is 25.2. The van der Waals surface area contributed by atoms with E-state index in [9.17, 15) is 0 Å². The molecule has 0 radical (unpaired) electrons. The lowest BCUT2D eigenvalue weighted by molar-refractivity contribution is -0.0497. The molecule has 200 valence electrons. The van der Waals surface area contributed by atoms with E-state index in [0.29, 0.717) is 10.8 Å². The van der Waals surface area contributed by atoms with Crippen LogP contribution >= 0.6 is 21.6 Å². The van der Waals surface area contributed by atoms with Gasteiger partial charge in [-0.15, -0.1) is 0 Å². The van der Waals surface area contributed by atoms with Gasteiger partial charge in [0.25, 0.3) is 0 Å². The molecule has 0 aliphatic heterocycles. The van der Waals surface area contributed by atoms with E-state index in [-0.39, 0.29) is 5.96 Å². The molecule has 4 N–H and O–H groups in total. The number of nitrogens with one attached hydrogen (secondary N) is 2. The molecule has 8 atom stereocenters. The molecule has 0 saturated heterocycles. The van der Waals surface area contributed by atoms with Gasteiger partial charge in [0.2, 0.25) is 0 Å². The predicted octanol–water partition coefficient (Wildman–Crippen LogP) is 8.26. The number of hydrogen-bond acceptors (Lipinski definition) is 3. The highest BCUT2D eigenvalue weighted by Gasteiger charge is 2.59. The highest BCUT2D eigenvalue weighted by molar-refractivity contribution is 8.76. The predicted molar refractivity (Wildman–Crippen MR) is 157 cm³/mol. The summed E-state index contributed by atoms with van der Waals surface area (Å²) in [5.41, 5.74) is 8.27. The number of hydrogen-bond donors (Lipinski definition) is 3. The van der Waals surface area contributed by atoms with Crippen molar-refractivity contribution in [1.82, 2.24) is 5.32 Å². The number of guanidine groups is 1. The molecule has 4 rings (SSSR count). The Hall–Kier alpha value is -0.290. The first-order valence-electron chi connectivity index (χ1n) is 14.7. The Morgan fingerprint density at radius 3 is 2.66 bits per heavy atom. The molecule has 3 saturated carbocycles. The van der Waals surface area contributed by atoms with Crippen molar-refractivity contribution in [3.8, 4) is 0 Å². The molecule has 8 unspecified atom stereocenters. The summed E-state index contributed by atoms with van der Waals surface area (Å²) in [5, 5.41) is 11.0. The van der Waals surface area contributed by atoms with Crippen molar-refractivity contribution in [2.75, 3.05) is 12.3 Å². The minimum absolute atomic E-state index is 0.0868. The van der Waals surface area contributed by atoms with Gasteiger partial charge in [0.05, 0.1) is 0 Å². The fraction of sp³-hybridized carbons (Fsp3) is 0.900. The van der Waals surface area contributed by atoms with E-state index >= 15 is 0 Å². The molecule has 0 bridgehead atoms. The van der Waals surface area contributed by atoms with E-state index in [1.54, 1.807) is 0 Å². The smallest absolute Gasteiger partial charge is 0.185 e. The summed E-state index contributed by atoms with van der Waals surface area (Å²) < 4.78 is 0. The minimum Gasteiger partial charge on any atom is -0.370 e. The first-order chi connectivity index (χ1) is 16.6. The van der Waals surface area contributed by atoms with Gasteiger partial charge in [-0.05, 0) is 97.7 Å². The first-order valence-corrected chi connectivity index (χ1v) is 17.1. The summed E-state index contributed by atoms with van der Waals surface area (Å²) in [7, 11) is 4.04. The van der Waals surface area contributed by atoms with Gasteiger partial charge in [-0.3, -0.25) is 5.41 Å². The van der Waals surface area contributed by atoms with Crippen molar-refractivity contribution in [2.24, 2.45) is 52.1 Å². The zero-order valence-corrected chi connectivity index (χ0v) is 24.8. The second kappa shape index (κ2) is 11.6. The van der Waals surface area contributed by atoms with E-state index in [1.807, 2.05) is 16.4 Å². The van der Waals surface area contributed by atoms with E-state index in [1.165, 1.54) is 70.6 Å². The van der Waals surface area contributed by atoms with Crippen LogP contribution in [0.1, 0.15) is 105 Å². The number of allylic oxidation sites excluding steroid dienone is 2. The highest BCUT2D eigenvalue weighted by Crippen LogP contribution is 2.67. The molecule has 3 fully saturated rings. The number of rotatable bonds is 10. The van der Waals surface area contributed by atoms with E-state index < -0.39 is 0 Å². The van der Waals surface area contributed by atoms with Crippen molar-refractivity contribution in [3.63, 3.8) is 0 Å². The van der Waals surface area contributed by atoms with Crippen molar-refractivity contribution in [1.29, 1.82) is 5.41 Å². The Morgan fingerprint density at radius 1 is 1.11 bits per heavy atom. The maximum atomic E-state index is 7.29. The molecule has 5 heteroatoms. The fourth-order valence-electron chi connectivity index (χ4n) is 9.11. The number of fused-ring (bicyclic) bond motifs is 5. The largest absolute Gasteiger partial charge is 0.370 e. The molecule has 35 heavy (non-hydrogen) atoms. The summed E-state index contributed by atoms with van der Waals surface area (Å²) in [6.45, 7) is 13.5. The summed E-state index contributed by atoms with van der Waals surface area (Å²) in [6, 6.07) is 0. The van der Waals surface area contributed by atoms with Crippen LogP contribution in [0.25, 0.3) is 0 Å². The van der Waals surface area contributed by atoms with Crippen LogP contribution in [0, 0.1) is 51.7 Å². The Balaban J connectivity index is 1.36. The maximum Gasteiger partial charge on any atom is 0.185 e. The van der Waals surface area contributed by atoms with Crippen LogP contribution in [0.2, 0.25) is 0 Å². The van der Waals surface area contributed by atoms with Gasteiger partial charge in [-0.1, -0.05) is 87.1 Å². The van der Waals surface area contributed by atoms with Crippen LogP contribution < -0.4 is 11.1 Å². The van der Waals surface area contributed by atoms with Crippen LogP contribution in [0.3, 0.4) is 0 Å². The van der Waals surface area contributed by atoms with Gasteiger partial charge >= 0.3 is 0 Å². The molecular formula is C30H53N3S2. The third-order valence-corrected chi connectivity index (χ3v) is 13.9. The average molecular weight is 520 g/mol. The van der Waals surface area contributed by atoms with Gasteiger partial charge in [0.15, 0.2) is 5.96 Å². The summed E-state index contributed by atoms with van der Waals surface area (Å²) in [5.74, 6) is 6.64. The standard InChI is InChI=1S/C30H53N3S2/c1-20(2)7-6-8-21(3)25-11-12-26-24-10-9-22-19-23(35-34-18-17-33-28(31)32)13-15-29(22,4)27(24)14-16-30(25,26)5/h9,20-21,23-27H,6-8,10-19H2,1-5H3,(H4,31,32,33). The Labute approximate surface area is 224 Å². The van der Waals surface area contributed by atoms with Crippen molar-refractivity contribution >= 4 is 27.5 Å². The first kappa shape index (κ1) is 27.7. The van der Waals surface area contributed by atoms with E-state index in [2.05, 4.69) is 56.8 Å². The van der Waals surface area contributed by atoms with Crippen LogP contribution in [0.15, 0.2) is 11.6 Å². The van der Waals surface area contributed by atoms with Gasteiger partial charge in [0, 0.05) is 17.5 Å². The molecule has 0 amide bonds. The van der Waals surface area contributed by atoms with Crippen LogP contribution in [-0.2, 0) is 0 Å². The van der Waals surface area contributed by atoms with Gasteiger partial charge < -0.3 is 11.1 Å². The molecule has 0 aromatic carbocycles. The van der Waals surface area contributed by atoms with E-state index in [4.69, 9.17) is 11.1 Å². The van der Waals surface area contributed by atoms with Crippen molar-refractivity contribution in [2.45, 2.75) is 110 Å². The van der Waals surface area contributed by atoms with Gasteiger partial charge in [-0.2, -0.15) is 0 Å². The quantitative estimate of drug-likeness (QED) is 0.0893. The summed E-state index contributed by atoms with van der Waals surface area (Å²) in [6.07, 6.45) is 18.4. The van der Waals surface area contributed by atoms with E-state index in [0.717, 1.165) is 53.1 Å². The molecule has 0 spiro atoms. The molecule has 4 aliphatic rings. The monoisotopic (exact) mass is 519 g/mol. The Kier molecular flexibility index (Phi) is 9.21. The zero-order valence-electron chi connectivity index (χ0n) is 23.2. The third kappa shape index (κ3) is 5.91. The van der Waals surface area contributed by atoms with Crippen molar-refractivity contribution < 1.29 is 0 Å². The lowest BCUT2D eigenvalue weighted by atomic mass is 9.47. The summed E-state index contributed by atoms with van der Waals surface area (Å²) >= 11 is 0. The van der Waals surface area contributed by atoms with Crippen molar-refractivity contribution in [3.05, 3.63) is 11.6 Å². The molecule has 0 heterocycles. The third-order valence-electron chi connectivity index (χ3n) is 11.0. The van der Waals surface area contributed by atoms with Crippen LogP contribution in [0.5, 0.6) is 0 Å². The topological polar surface area (TPSA) is 61.9 Å². The maximum absolute atomic E-state index is 7.29. The number of nitrogens with two attached hydrogens (primary N) is 1. The lowest BCUT2D eigenvalue weighted by Crippen LogP contribution is -2.50. The van der Waals surface area contributed by atoms with Gasteiger partial charge in [-0.25, -0.2) is 0 Å². The van der Waals surface area contributed by atoms with Gasteiger partial charge in [0.1, 0.15) is 0 Å². The Bertz CT molecular complexity index is 767. The minimum atomic E-state index is 0.0868. The highest BCUT2D eigenvalue weighted by atomic mass is 33.1. The fourth-order valence-corrected chi connectivity index (χ4v) is 11.7. The Morgan fingerprint density at radius 2 is 1.91 bits per heavy atom. The average Bonchev–Trinajstić information content (AvgIpc) is 3.15. The normalized spacial score (nSPS) is 39.4. The molecule has 3 nitrogen and oxygen atoms in total. The lowest BCUT2D eigenvalue weighted by Gasteiger charge is -2.58. The van der Waals surface area contributed by atoms with Crippen LogP contribution in [-0.4, -0.2) is 23.5 Å². The molecular weight excluding hydrogens is 466 g/mol. The second-order valence-electron chi connectivity index (χ2n) is 13.4. The molecule has 0 aromatic heterocycles. The molecule has 0 aromatic rings. The van der Waals surface area contributed by atoms with Crippen LogP contribution in [0.4, 0.5) is 0 Å². The molecule has 4 aliphatic carbocycles. The SMILES string of the molecule is CC(C)CCCC(C)C1CCC2C3CC=C4CC(SSCCNC(=N)N)CCC4(C)C3CCC12C. The second-order valence-corrected chi connectivity index (χ2v) is 16.2.